The van der Waals surface area contributed by atoms with Crippen molar-refractivity contribution < 1.29 is 4.74 Å². The molecule has 29 heavy (non-hydrogen) atoms. The molecule has 0 spiro atoms. The minimum absolute atomic E-state index is 0. The van der Waals surface area contributed by atoms with Gasteiger partial charge in [-0.2, -0.15) is 0 Å². The van der Waals surface area contributed by atoms with Crippen molar-refractivity contribution in [2.24, 2.45) is 4.99 Å². The number of guanidine groups is 1. The summed E-state index contributed by atoms with van der Waals surface area (Å²) in [7, 11) is 1.75. The fraction of sp³-hybridized carbons (Fsp3) is 0.381. The van der Waals surface area contributed by atoms with Crippen LogP contribution in [0.15, 0.2) is 53.7 Å². The van der Waals surface area contributed by atoms with Crippen LogP contribution in [0.5, 0.6) is 0 Å². The predicted molar refractivity (Wildman–Crippen MR) is 126 cm³/mol. The lowest BCUT2D eigenvalue weighted by Gasteiger charge is -2.19. The van der Waals surface area contributed by atoms with Crippen LogP contribution in [0.1, 0.15) is 37.7 Å². The molecule has 156 valence electrons. The zero-order valence-electron chi connectivity index (χ0n) is 17.3. The monoisotopic (exact) mass is 508 g/mol. The van der Waals surface area contributed by atoms with Gasteiger partial charge in [0.1, 0.15) is 0 Å². The Balaban J connectivity index is 0.00000300. The molecular formula is C21H29IN6O. The van der Waals surface area contributed by atoms with E-state index in [-0.39, 0.29) is 29.6 Å². The summed E-state index contributed by atoms with van der Waals surface area (Å²) in [4.78, 5) is 4.29. The number of aromatic nitrogens is 3. The highest BCUT2D eigenvalue weighted by atomic mass is 127. The summed E-state index contributed by atoms with van der Waals surface area (Å²) in [6.45, 7) is 7.99. The van der Waals surface area contributed by atoms with Crippen molar-refractivity contribution in [1.29, 1.82) is 0 Å². The summed E-state index contributed by atoms with van der Waals surface area (Å²) in [5, 5.41) is 15.0. The summed E-state index contributed by atoms with van der Waals surface area (Å²) >= 11 is 0. The fourth-order valence-corrected chi connectivity index (χ4v) is 2.71. The maximum absolute atomic E-state index is 5.86. The van der Waals surface area contributed by atoms with Crippen LogP contribution in [0.25, 0.3) is 5.65 Å². The largest absolute Gasteiger partial charge is 0.371 e. The number of rotatable bonds is 6. The molecule has 0 bridgehead atoms. The van der Waals surface area contributed by atoms with Crippen LogP contribution in [0.3, 0.4) is 0 Å². The van der Waals surface area contributed by atoms with Crippen molar-refractivity contribution in [3.05, 3.63) is 65.6 Å². The Labute approximate surface area is 189 Å². The smallest absolute Gasteiger partial charge is 0.191 e. The first-order valence-corrected chi connectivity index (χ1v) is 9.39. The number of pyridine rings is 1. The van der Waals surface area contributed by atoms with Crippen molar-refractivity contribution in [3.63, 3.8) is 0 Å². The minimum atomic E-state index is -0.147. The zero-order valence-corrected chi connectivity index (χ0v) is 19.7. The molecule has 0 fully saturated rings. The number of fused-ring (bicyclic) bond motifs is 1. The summed E-state index contributed by atoms with van der Waals surface area (Å²) < 4.78 is 7.82. The Morgan fingerprint density at radius 1 is 1.03 bits per heavy atom. The molecule has 0 aliphatic rings. The molecular weight excluding hydrogens is 479 g/mol. The Hall–Kier alpha value is -2.20. The number of benzene rings is 1. The van der Waals surface area contributed by atoms with Gasteiger partial charge >= 0.3 is 0 Å². The maximum atomic E-state index is 5.86. The topological polar surface area (TPSA) is 75.8 Å². The second-order valence-corrected chi connectivity index (χ2v) is 7.55. The molecule has 0 unspecified atom stereocenters. The number of nitrogens with one attached hydrogen (secondary N) is 2. The first kappa shape index (κ1) is 23.1. The lowest BCUT2D eigenvalue weighted by Crippen LogP contribution is -2.36. The number of nitrogens with zero attached hydrogens (tertiary/aromatic N) is 4. The minimum Gasteiger partial charge on any atom is -0.371 e. The molecule has 1 aromatic carbocycles. The lowest BCUT2D eigenvalue weighted by molar-refractivity contribution is -0.0149. The van der Waals surface area contributed by atoms with E-state index >= 15 is 0 Å². The van der Waals surface area contributed by atoms with Crippen molar-refractivity contribution in [2.45, 2.75) is 46.1 Å². The highest BCUT2D eigenvalue weighted by Gasteiger charge is 2.10. The zero-order chi connectivity index (χ0) is 20.0. The van der Waals surface area contributed by atoms with E-state index in [0.717, 1.165) is 17.0 Å². The molecule has 3 rings (SSSR count). The molecule has 7 nitrogen and oxygen atoms in total. The van der Waals surface area contributed by atoms with E-state index < -0.39 is 0 Å². The van der Waals surface area contributed by atoms with E-state index in [1.807, 2.05) is 28.8 Å². The van der Waals surface area contributed by atoms with Crippen LogP contribution in [0.2, 0.25) is 0 Å². The van der Waals surface area contributed by atoms with Crippen LogP contribution in [-0.2, 0) is 24.4 Å². The second kappa shape index (κ2) is 10.5. The Kier molecular flexibility index (Phi) is 8.39. The molecule has 3 aromatic rings. The van der Waals surface area contributed by atoms with Crippen LogP contribution in [0, 0.1) is 0 Å². The standard InChI is InChI=1S/C21H28N6O.HI/c1-21(2,3)28-15-17-9-7-8-16(12-17)13-23-20(22-4)24-14-19-26-25-18-10-5-6-11-27(18)19;/h5-12H,13-15H2,1-4H3,(H2,22,23,24);1H. The van der Waals surface area contributed by atoms with E-state index in [1.54, 1.807) is 7.05 Å². The first-order chi connectivity index (χ1) is 13.4. The predicted octanol–water partition coefficient (Wildman–Crippen LogP) is 3.53. The number of aliphatic imine (C=N–C) groups is 1. The van der Waals surface area contributed by atoms with E-state index in [1.165, 1.54) is 5.56 Å². The third kappa shape index (κ3) is 6.97. The SMILES string of the molecule is CN=C(NCc1cccc(COC(C)(C)C)c1)NCc1nnc2ccccn12.I. The van der Waals surface area contributed by atoms with E-state index in [4.69, 9.17) is 4.74 Å². The molecule has 0 aliphatic heterocycles. The van der Waals surface area contributed by atoms with E-state index in [9.17, 15) is 0 Å². The molecule has 2 aromatic heterocycles. The molecule has 0 atom stereocenters. The number of hydrogen-bond acceptors (Lipinski definition) is 4. The molecule has 8 heteroatoms. The van der Waals surface area contributed by atoms with E-state index in [2.05, 4.69) is 70.9 Å². The lowest BCUT2D eigenvalue weighted by atomic mass is 10.1. The van der Waals surface area contributed by atoms with Crippen LogP contribution < -0.4 is 10.6 Å². The van der Waals surface area contributed by atoms with Crippen molar-refractivity contribution in [2.75, 3.05) is 7.05 Å². The van der Waals surface area contributed by atoms with Gasteiger partial charge < -0.3 is 15.4 Å². The van der Waals surface area contributed by atoms with Gasteiger partial charge in [-0.1, -0.05) is 30.3 Å². The normalized spacial score (nSPS) is 11.9. The van der Waals surface area contributed by atoms with Crippen LogP contribution >= 0.6 is 24.0 Å². The fourth-order valence-electron chi connectivity index (χ4n) is 2.71. The second-order valence-electron chi connectivity index (χ2n) is 7.55. The van der Waals surface area contributed by atoms with Gasteiger partial charge in [0.2, 0.25) is 0 Å². The molecule has 2 heterocycles. The Morgan fingerprint density at radius 3 is 2.55 bits per heavy atom. The molecule has 0 radical (unpaired) electrons. The van der Waals surface area contributed by atoms with Crippen LogP contribution in [0.4, 0.5) is 0 Å². The van der Waals surface area contributed by atoms with Crippen LogP contribution in [-0.4, -0.2) is 33.2 Å². The van der Waals surface area contributed by atoms with Gasteiger partial charge in [0.25, 0.3) is 0 Å². The Bertz CT molecular complexity index is 947. The van der Waals surface area contributed by atoms with Gasteiger partial charge in [-0.25, -0.2) is 0 Å². The highest BCUT2D eigenvalue weighted by Crippen LogP contribution is 2.13. The summed E-state index contributed by atoms with van der Waals surface area (Å²) in [6, 6.07) is 14.2. The summed E-state index contributed by atoms with van der Waals surface area (Å²) in [6.07, 6.45) is 1.95. The number of halogens is 1. The van der Waals surface area contributed by atoms with Gasteiger partial charge in [-0.3, -0.25) is 9.39 Å². The quantitative estimate of drug-likeness (QED) is 0.303. The number of hydrogen-bond donors (Lipinski definition) is 2. The molecule has 0 aliphatic carbocycles. The summed E-state index contributed by atoms with van der Waals surface area (Å²) in [5.74, 6) is 1.55. The number of ether oxygens (including phenoxy) is 1. The molecule has 0 saturated heterocycles. The highest BCUT2D eigenvalue weighted by molar-refractivity contribution is 14.0. The van der Waals surface area contributed by atoms with Gasteiger partial charge in [0.05, 0.1) is 18.8 Å². The maximum Gasteiger partial charge on any atom is 0.191 e. The molecule has 2 N–H and O–H groups in total. The van der Waals surface area contributed by atoms with Crippen molar-refractivity contribution >= 4 is 35.6 Å². The first-order valence-electron chi connectivity index (χ1n) is 9.39. The van der Waals surface area contributed by atoms with Crippen molar-refractivity contribution in [1.82, 2.24) is 25.2 Å². The third-order valence-corrected chi connectivity index (χ3v) is 4.15. The van der Waals surface area contributed by atoms with Gasteiger partial charge in [0.15, 0.2) is 17.4 Å². The van der Waals surface area contributed by atoms with Crippen molar-refractivity contribution in [3.8, 4) is 0 Å². The van der Waals surface area contributed by atoms with Gasteiger partial charge in [-0.05, 0) is 44.0 Å². The average molecular weight is 508 g/mol. The summed E-state index contributed by atoms with van der Waals surface area (Å²) in [5.41, 5.74) is 3.01. The third-order valence-electron chi connectivity index (χ3n) is 4.15. The Morgan fingerprint density at radius 2 is 1.79 bits per heavy atom. The van der Waals surface area contributed by atoms with Gasteiger partial charge in [-0.15, -0.1) is 34.2 Å². The van der Waals surface area contributed by atoms with E-state index in [0.29, 0.717) is 25.7 Å². The molecule has 0 saturated carbocycles. The average Bonchev–Trinajstić information content (AvgIpc) is 3.10. The van der Waals surface area contributed by atoms with Gasteiger partial charge in [0, 0.05) is 19.8 Å². The molecule has 0 amide bonds.